The summed E-state index contributed by atoms with van der Waals surface area (Å²) in [5.41, 5.74) is -0.251. The van der Waals surface area contributed by atoms with Crippen LogP contribution in [0.5, 0.6) is 0 Å². The predicted octanol–water partition coefficient (Wildman–Crippen LogP) is 1.65. The Morgan fingerprint density at radius 3 is 2.36 bits per heavy atom. The van der Waals surface area contributed by atoms with Crippen LogP contribution in [0.2, 0.25) is 0 Å². The molecule has 138 valence electrons. The minimum atomic E-state index is -3.43. The number of halogens is 1. The number of hydrogen-bond acceptors (Lipinski definition) is 4. The number of hydrogen-bond donors (Lipinski definition) is 1. The molecule has 8 heteroatoms. The molecule has 1 fully saturated rings. The summed E-state index contributed by atoms with van der Waals surface area (Å²) < 4.78 is 52.1. The van der Waals surface area contributed by atoms with Crippen LogP contribution < -0.4 is 10.2 Å². The smallest absolute Gasteiger partial charge is 0.399 e. The molecule has 1 aromatic rings. The van der Waals surface area contributed by atoms with E-state index in [1.807, 2.05) is 33.8 Å². The topological polar surface area (TPSA) is 64.6 Å². The van der Waals surface area contributed by atoms with Crippen molar-refractivity contribution in [2.24, 2.45) is 0 Å². The second-order valence-corrected chi connectivity index (χ2v) is 9.90. The lowest BCUT2D eigenvalue weighted by Crippen LogP contribution is -2.41. The number of rotatable bonds is 4. The predicted molar refractivity (Wildman–Crippen MR) is 96.1 cm³/mol. The molecule has 2 aliphatic rings. The molecule has 0 spiro atoms. The molecule has 5 nitrogen and oxygen atoms in total. The Morgan fingerprint density at radius 2 is 1.80 bits per heavy atom. The lowest BCUT2D eigenvalue weighted by atomic mass is 9.77. The molecule has 0 bridgehead atoms. The van der Waals surface area contributed by atoms with E-state index in [-0.39, 0.29) is 13.0 Å². The van der Waals surface area contributed by atoms with Crippen molar-refractivity contribution in [1.29, 1.82) is 0 Å². The largest absolute Gasteiger partial charge is 0.494 e. The SMILES string of the molecule is CC1(C)OB(c2ccc3c(c2)CCC3(F)CNS(C)(=O)=O)OC1(C)C. The molecule has 0 saturated carbocycles. The molecule has 1 heterocycles. The maximum atomic E-state index is 15.2. The van der Waals surface area contributed by atoms with E-state index in [1.165, 1.54) is 0 Å². The van der Waals surface area contributed by atoms with Gasteiger partial charge in [0.1, 0.15) is 5.67 Å². The third kappa shape index (κ3) is 3.49. The molecule has 1 aliphatic heterocycles. The van der Waals surface area contributed by atoms with Crippen LogP contribution in [0.4, 0.5) is 4.39 Å². The molecule has 1 aromatic carbocycles. The van der Waals surface area contributed by atoms with Gasteiger partial charge in [-0.15, -0.1) is 0 Å². The van der Waals surface area contributed by atoms with Crippen molar-refractivity contribution in [2.75, 3.05) is 12.8 Å². The van der Waals surface area contributed by atoms with Gasteiger partial charge in [0, 0.05) is 6.54 Å². The maximum Gasteiger partial charge on any atom is 0.494 e. The fraction of sp³-hybridized carbons (Fsp3) is 0.647. The summed E-state index contributed by atoms with van der Waals surface area (Å²) in [5, 5.41) is 0. The van der Waals surface area contributed by atoms with Gasteiger partial charge in [-0.3, -0.25) is 0 Å². The number of aryl methyl sites for hydroxylation is 1. The van der Waals surface area contributed by atoms with Crippen molar-refractivity contribution >= 4 is 22.6 Å². The van der Waals surface area contributed by atoms with Crippen molar-refractivity contribution in [3.05, 3.63) is 29.3 Å². The molecule has 1 unspecified atom stereocenters. The zero-order valence-electron chi connectivity index (χ0n) is 15.3. The zero-order valence-corrected chi connectivity index (χ0v) is 16.2. The Labute approximate surface area is 149 Å². The van der Waals surface area contributed by atoms with E-state index < -0.39 is 34.0 Å². The first-order chi connectivity index (χ1) is 11.3. The van der Waals surface area contributed by atoms with Gasteiger partial charge in [-0.2, -0.15) is 0 Å². The maximum absolute atomic E-state index is 15.2. The quantitative estimate of drug-likeness (QED) is 0.820. The third-order valence-corrected chi connectivity index (χ3v) is 6.21. The molecular weight excluding hydrogens is 344 g/mol. The van der Waals surface area contributed by atoms with Crippen LogP contribution in [0, 0.1) is 0 Å². The first-order valence-electron chi connectivity index (χ1n) is 8.46. The number of nitrogens with one attached hydrogen (secondary N) is 1. The Balaban J connectivity index is 1.83. The molecule has 1 aliphatic carbocycles. The van der Waals surface area contributed by atoms with Crippen LogP contribution in [0.15, 0.2) is 18.2 Å². The summed E-state index contributed by atoms with van der Waals surface area (Å²) in [7, 11) is -3.92. The van der Waals surface area contributed by atoms with E-state index in [4.69, 9.17) is 9.31 Å². The van der Waals surface area contributed by atoms with Crippen LogP contribution in [0.25, 0.3) is 0 Å². The molecular formula is C17H25BFNO4S. The van der Waals surface area contributed by atoms with E-state index in [0.29, 0.717) is 12.0 Å². The first kappa shape index (κ1) is 18.8. The Bertz CT molecular complexity index is 780. The Morgan fingerprint density at radius 1 is 1.20 bits per heavy atom. The highest BCUT2D eigenvalue weighted by molar-refractivity contribution is 7.88. The van der Waals surface area contributed by atoms with E-state index in [0.717, 1.165) is 17.3 Å². The van der Waals surface area contributed by atoms with Gasteiger partial charge in [0.25, 0.3) is 0 Å². The molecule has 0 amide bonds. The average Bonchev–Trinajstić information content (AvgIpc) is 2.91. The molecule has 1 N–H and O–H groups in total. The van der Waals surface area contributed by atoms with Gasteiger partial charge in [0.2, 0.25) is 10.0 Å². The minimum absolute atomic E-state index is 0.241. The fourth-order valence-corrected chi connectivity index (χ4v) is 3.77. The van der Waals surface area contributed by atoms with E-state index in [9.17, 15) is 8.42 Å². The highest BCUT2D eigenvalue weighted by atomic mass is 32.2. The Hall–Kier alpha value is -0.955. The number of sulfonamides is 1. The zero-order chi connectivity index (χ0) is 18.7. The van der Waals surface area contributed by atoms with E-state index >= 15 is 4.39 Å². The van der Waals surface area contributed by atoms with Gasteiger partial charge in [-0.05, 0) is 57.1 Å². The van der Waals surface area contributed by atoms with Crippen molar-refractivity contribution in [2.45, 2.75) is 57.4 Å². The second kappa shape index (κ2) is 5.77. The van der Waals surface area contributed by atoms with Crippen LogP contribution in [-0.4, -0.2) is 39.5 Å². The Kier molecular flexibility index (Phi) is 4.35. The monoisotopic (exact) mass is 369 g/mol. The van der Waals surface area contributed by atoms with Crippen molar-refractivity contribution in [3.63, 3.8) is 0 Å². The lowest BCUT2D eigenvalue weighted by Gasteiger charge is -2.32. The highest BCUT2D eigenvalue weighted by Crippen LogP contribution is 2.41. The van der Waals surface area contributed by atoms with Gasteiger partial charge in [-0.25, -0.2) is 17.5 Å². The summed E-state index contributed by atoms with van der Waals surface area (Å²) in [6.07, 6.45) is 1.86. The molecule has 3 rings (SSSR count). The number of benzene rings is 1. The van der Waals surface area contributed by atoms with E-state index in [1.54, 1.807) is 12.1 Å². The first-order valence-corrected chi connectivity index (χ1v) is 10.3. The standard InChI is InChI=1S/C17H25BFNO4S/c1-15(2)16(3,4)24-18(23-15)13-6-7-14-12(10-13)8-9-17(14,19)11-20-25(5,21)22/h6-7,10,20H,8-9,11H2,1-5H3. The highest BCUT2D eigenvalue weighted by Gasteiger charge is 2.52. The van der Waals surface area contributed by atoms with Gasteiger partial charge in [0.15, 0.2) is 0 Å². The molecule has 0 aromatic heterocycles. The van der Waals surface area contributed by atoms with Crippen LogP contribution in [0.3, 0.4) is 0 Å². The molecule has 0 radical (unpaired) electrons. The number of alkyl halides is 1. The summed E-state index contributed by atoms with van der Waals surface area (Å²) in [4.78, 5) is 0. The average molecular weight is 369 g/mol. The van der Waals surface area contributed by atoms with Gasteiger partial charge in [-0.1, -0.05) is 18.2 Å². The van der Waals surface area contributed by atoms with Crippen LogP contribution in [0.1, 0.15) is 45.2 Å². The summed E-state index contributed by atoms with van der Waals surface area (Å²) in [6, 6.07) is 5.45. The molecule has 25 heavy (non-hydrogen) atoms. The minimum Gasteiger partial charge on any atom is -0.399 e. The molecule has 1 saturated heterocycles. The van der Waals surface area contributed by atoms with Crippen molar-refractivity contribution < 1.29 is 22.1 Å². The van der Waals surface area contributed by atoms with Gasteiger partial charge >= 0.3 is 7.12 Å². The third-order valence-electron chi connectivity index (χ3n) is 5.54. The number of fused-ring (bicyclic) bond motifs is 1. The van der Waals surface area contributed by atoms with Crippen LogP contribution >= 0.6 is 0 Å². The van der Waals surface area contributed by atoms with Crippen molar-refractivity contribution in [1.82, 2.24) is 4.72 Å². The lowest BCUT2D eigenvalue weighted by molar-refractivity contribution is 0.00578. The van der Waals surface area contributed by atoms with Gasteiger partial charge < -0.3 is 9.31 Å². The summed E-state index contributed by atoms with van der Waals surface area (Å²) >= 11 is 0. The molecule has 1 atom stereocenters. The van der Waals surface area contributed by atoms with Crippen molar-refractivity contribution in [3.8, 4) is 0 Å². The van der Waals surface area contributed by atoms with Gasteiger partial charge in [0.05, 0.1) is 17.5 Å². The second-order valence-electron chi connectivity index (χ2n) is 8.06. The fourth-order valence-electron chi connectivity index (χ4n) is 3.28. The van der Waals surface area contributed by atoms with Crippen LogP contribution in [-0.2, 0) is 31.4 Å². The normalized spacial score (nSPS) is 27.5. The van der Waals surface area contributed by atoms with E-state index in [2.05, 4.69) is 4.72 Å². The summed E-state index contributed by atoms with van der Waals surface area (Å²) in [6.45, 7) is 7.72. The summed E-state index contributed by atoms with van der Waals surface area (Å²) in [5.74, 6) is 0.